The molecule has 0 aromatic rings. The molecule has 0 bridgehead atoms. The zero-order valence-electron chi connectivity index (χ0n) is 6.55. The molecule has 0 aromatic carbocycles. The number of terminal acetylenes is 1. The smallest absolute Gasteiger partial charge is 0.223 e. The molecule has 0 N–H and O–H groups in total. The first-order chi connectivity index (χ1) is 4.72. The molecule has 1 amide bonds. The Morgan fingerprint density at radius 1 is 1.70 bits per heavy atom. The molecule has 0 saturated heterocycles. The van der Waals surface area contributed by atoms with Crippen LogP contribution in [0.3, 0.4) is 0 Å². The first kappa shape index (κ1) is 9.03. The van der Waals surface area contributed by atoms with Crippen LogP contribution in [0.25, 0.3) is 0 Å². The molecule has 2 heteroatoms. The standard InChI is InChI=1S/C8H13NO/c1-4-6-8(10)9(3)7-5-2/h2H,4,6-7H2,1,3H3. The summed E-state index contributed by atoms with van der Waals surface area (Å²) in [7, 11) is 1.72. The van der Waals surface area contributed by atoms with Crippen molar-refractivity contribution < 1.29 is 4.79 Å². The first-order valence-electron chi connectivity index (χ1n) is 3.39. The molecule has 0 aliphatic carbocycles. The molecular weight excluding hydrogens is 126 g/mol. The number of carbonyl (C=O) groups is 1. The summed E-state index contributed by atoms with van der Waals surface area (Å²) in [6, 6.07) is 0. The highest BCUT2D eigenvalue weighted by molar-refractivity contribution is 5.75. The molecule has 0 spiro atoms. The van der Waals surface area contributed by atoms with Crippen LogP contribution in [0, 0.1) is 12.3 Å². The summed E-state index contributed by atoms with van der Waals surface area (Å²) in [4.78, 5) is 12.5. The third-order valence-electron chi connectivity index (χ3n) is 1.22. The number of rotatable bonds is 3. The second kappa shape index (κ2) is 4.87. The van der Waals surface area contributed by atoms with Gasteiger partial charge in [-0.15, -0.1) is 6.42 Å². The van der Waals surface area contributed by atoms with E-state index in [0.29, 0.717) is 13.0 Å². The zero-order chi connectivity index (χ0) is 7.98. The van der Waals surface area contributed by atoms with E-state index in [1.165, 1.54) is 0 Å². The topological polar surface area (TPSA) is 20.3 Å². The van der Waals surface area contributed by atoms with E-state index < -0.39 is 0 Å². The van der Waals surface area contributed by atoms with Gasteiger partial charge in [-0.05, 0) is 6.42 Å². The number of hydrogen-bond acceptors (Lipinski definition) is 1. The van der Waals surface area contributed by atoms with Crippen LogP contribution in [0.15, 0.2) is 0 Å². The lowest BCUT2D eigenvalue weighted by molar-refractivity contribution is -0.129. The molecule has 56 valence electrons. The monoisotopic (exact) mass is 139 g/mol. The van der Waals surface area contributed by atoms with Crippen molar-refractivity contribution in [2.75, 3.05) is 13.6 Å². The van der Waals surface area contributed by atoms with Gasteiger partial charge in [-0.2, -0.15) is 0 Å². The number of amides is 1. The highest BCUT2D eigenvalue weighted by atomic mass is 16.2. The van der Waals surface area contributed by atoms with Crippen LogP contribution in [0.5, 0.6) is 0 Å². The third kappa shape index (κ3) is 3.13. The molecule has 0 rings (SSSR count). The maximum Gasteiger partial charge on any atom is 0.223 e. The van der Waals surface area contributed by atoms with E-state index in [1.807, 2.05) is 6.92 Å². The summed E-state index contributed by atoms with van der Waals surface area (Å²) in [5.41, 5.74) is 0. The van der Waals surface area contributed by atoms with Crippen LogP contribution in [-0.4, -0.2) is 24.4 Å². The minimum absolute atomic E-state index is 0.125. The molecule has 2 nitrogen and oxygen atoms in total. The molecule has 0 heterocycles. The Bertz CT molecular complexity index is 146. The van der Waals surface area contributed by atoms with Crippen molar-refractivity contribution in [1.82, 2.24) is 4.90 Å². The van der Waals surface area contributed by atoms with Gasteiger partial charge in [0.1, 0.15) is 0 Å². The van der Waals surface area contributed by atoms with E-state index in [1.54, 1.807) is 11.9 Å². The largest absolute Gasteiger partial charge is 0.335 e. The lowest BCUT2D eigenvalue weighted by Gasteiger charge is -2.12. The van der Waals surface area contributed by atoms with Crippen LogP contribution >= 0.6 is 0 Å². The molecule has 0 aromatic heterocycles. The normalized spacial score (nSPS) is 8.50. The predicted molar refractivity (Wildman–Crippen MR) is 41.4 cm³/mol. The lowest BCUT2D eigenvalue weighted by atomic mass is 10.3. The first-order valence-corrected chi connectivity index (χ1v) is 3.39. The maximum absolute atomic E-state index is 11.0. The van der Waals surface area contributed by atoms with Crippen molar-refractivity contribution in [3.8, 4) is 12.3 Å². The maximum atomic E-state index is 11.0. The fraction of sp³-hybridized carbons (Fsp3) is 0.625. The quantitative estimate of drug-likeness (QED) is 0.531. The van der Waals surface area contributed by atoms with E-state index >= 15 is 0 Å². The van der Waals surface area contributed by atoms with Crippen molar-refractivity contribution >= 4 is 5.91 Å². The van der Waals surface area contributed by atoms with Gasteiger partial charge in [0.05, 0.1) is 6.54 Å². The van der Waals surface area contributed by atoms with E-state index in [4.69, 9.17) is 6.42 Å². The summed E-state index contributed by atoms with van der Waals surface area (Å²) in [5, 5.41) is 0. The second-order valence-corrected chi connectivity index (χ2v) is 2.20. The minimum atomic E-state index is 0.125. The van der Waals surface area contributed by atoms with Crippen molar-refractivity contribution in [2.45, 2.75) is 19.8 Å². The molecule has 0 aliphatic heterocycles. The molecule has 0 saturated carbocycles. The van der Waals surface area contributed by atoms with Crippen molar-refractivity contribution in [3.63, 3.8) is 0 Å². The SMILES string of the molecule is C#CCN(C)C(=O)CCC. The van der Waals surface area contributed by atoms with Gasteiger partial charge in [-0.25, -0.2) is 0 Å². The average molecular weight is 139 g/mol. The fourth-order valence-corrected chi connectivity index (χ4v) is 0.630. The molecule has 0 atom stereocenters. The summed E-state index contributed by atoms with van der Waals surface area (Å²) in [6.07, 6.45) is 6.50. The van der Waals surface area contributed by atoms with Gasteiger partial charge in [0, 0.05) is 13.5 Å². The summed E-state index contributed by atoms with van der Waals surface area (Å²) >= 11 is 0. The summed E-state index contributed by atoms with van der Waals surface area (Å²) in [6.45, 7) is 2.39. The van der Waals surface area contributed by atoms with Gasteiger partial charge < -0.3 is 4.90 Å². The van der Waals surface area contributed by atoms with Gasteiger partial charge in [0.25, 0.3) is 0 Å². The van der Waals surface area contributed by atoms with Crippen LogP contribution in [-0.2, 0) is 4.79 Å². The van der Waals surface area contributed by atoms with Crippen LogP contribution in [0.4, 0.5) is 0 Å². The minimum Gasteiger partial charge on any atom is -0.335 e. The molecule has 0 unspecified atom stereocenters. The molecule has 0 radical (unpaired) electrons. The molecule has 0 fully saturated rings. The number of hydrogen-bond donors (Lipinski definition) is 0. The number of carbonyl (C=O) groups excluding carboxylic acids is 1. The average Bonchev–Trinajstić information content (AvgIpc) is 1.89. The Hall–Kier alpha value is -0.970. The van der Waals surface area contributed by atoms with Gasteiger partial charge >= 0.3 is 0 Å². The summed E-state index contributed by atoms with van der Waals surface area (Å²) in [5.74, 6) is 2.54. The van der Waals surface area contributed by atoms with Crippen LogP contribution in [0.1, 0.15) is 19.8 Å². The van der Waals surface area contributed by atoms with Crippen molar-refractivity contribution in [1.29, 1.82) is 0 Å². The Kier molecular flexibility index (Phi) is 4.39. The van der Waals surface area contributed by atoms with Crippen molar-refractivity contribution in [3.05, 3.63) is 0 Å². The van der Waals surface area contributed by atoms with E-state index in [-0.39, 0.29) is 5.91 Å². The Balaban J connectivity index is 3.62. The Labute approximate surface area is 62.2 Å². The highest BCUT2D eigenvalue weighted by Gasteiger charge is 2.03. The number of nitrogens with zero attached hydrogens (tertiary/aromatic N) is 1. The van der Waals surface area contributed by atoms with Crippen LogP contribution < -0.4 is 0 Å². The predicted octanol–water partition coefficient (Wildman–Crippen LogP) is 0.878. The molecule has 10 heavy (non-hydrogen) atoms. The Morgan fingerprint density at radius 3 is 2.70 bits per heavy atom. The highest BCUT2D eigenvalue weighted by Crippen LogP contribution is 1.92. The van der Waals surface area contributed by atoms with Crippen LogP contribution in [0.2, 0.25) is 0 Å². The fourth-order valence-electron chi connectivity index (χ4n) is 0.630. The van der Waals surface area contributed by atoms with E-state index in [9.17, 15) is 4.79 Å². The Morgan fingerprint density at radius 2 is 2.30 bits per heavy atom. The van der Waals surface area contributed by atoms with Gasteiger partial charge in [-0.1, -0.05) is 12.8 Å². The summed E-state index contributed by atoms with van der Waals surface area (Å²) < 4.78 is 0. The molecular formula is C8H13NO. The zero-order valence-corrected chi connectivity index (χ0v) is 6.55. The third-order valence-corrected chi connectivity index (χ3v) is 1.22. The van der Waals surface area contributed by atoms with Gasteiger partial charge in [0.2, 0.25) is 5.91 Å². The van der Waals surface area contributed by atoms with Gasteiger partial charge in [-0.3, -0.25) is 4.79 Å². The van der Waals surface area contributed by atoms with Crippen molar-refractivity contribution in [2.24, 2.45) is 0 Å². The second-order valence-electron chi connectivity index (χ2n) is 2.20. The van der Waals surface area contributed by atoms with E-state index in [0.717, 1.165) is 6.42 Å². The van der Waals surface area contributed by atoms with E-state index in [2.05, 4.69) is 5.92 Å². The lowest BCUT2D eigenvalue weighted by Crippen LogP contribution is -2.26. The molecule has 0 aliphatic rings. The van der Waals surface area contributed by atoms with Gasteiger partial charge in [0.15, 0.2) is 0 Å².